The minimum atomic E-state index is 0. The van der Waals surface area contributed by atoms with Crippen LogP contribution in [0.15, 0.2) is 37.4 Å². The molecule has 2 aromatic heterocycles. The molecule has 0 saturated carbocycles. The highest BCUT2D eigenvalue weighted by Gasteiger charge is 2.05. The zero-order chi connectivity index (χ0) is 29.8. The Balaban J connectivity index is 0.00000924. The lowest BCUT2D eigenvalue weighted by atomic mass is 10.1. The quantitative estimate of drug-likeness (QED) is 0.0922. The summed E-state index contributed by atoms with van der Waals surface area (Å²) in [6, 6.07) is 0. The molecule has 0 aliphatic heterocycles. The maximum absolute atomic E-state index is 5.90. The molecule has 0 spiro atoms. The Bertz CT molecular complexity index is 777. The maximum atomic E-state index is 5.90. The number of nitrogens with zero attached hydrogens (tertiary/aromatic N) is 4. The van der Waals surface area contributed by atoms with Crippen molar-refractivity contribution >= 4 is 0 Å². The predicted molar refractivity (Wildman–Crippen MR) is 174 cm³/mol. The highest BCUT2D eigenvalue weighted by molar-refractivity contribution is 4.66. The van der Waals surface area contributed by atoms with Gasteiger partial charge in [0.05, 0.1) is 26.3 Å². The van der Waals surface area contributed by atoms with Crippen LogP contribution in [-0.2, 0) is 36.0 Å². The van der Waals surface area contributed by atoms with Crippen molar-refractivity contribution in [3.63, 3.8) is 0 Å². The van der Waals surface area contributed by atoms with E-state index in [4.69, 9.17) is 9.47 Å². The fraction of sp³-hybridized carbons (Fsp3) is 0.833. The fourth-order valence-corrected chi connectivity index (χ4v) is 5.61. The second-order valence-corrected chi connectivity index (χ2v) is 12.5. The van der Waals surface area contributed by atoms with Gasteiger partial charge in [-0.3, -0.25) is 0 Å². The number of halogens is 2. The molecular weight excluding hydrogens is 591 g/mol. The van der Waals surface area contributed by atoms with Gasteiger partial charge in [0.1, 0.15) is 24.8 Å². The highest BCUT2D eigenvalue weighted by atomic mass is 35.5. The third kappa shape index (κ3) is 24.2. The van der Waals surface area contributed by atoms with Crippen LogP contribution in [0.2, 0.25) is 0 Å². The van der Waals surface area contributed by atoms with Gasteiger partial charge in [-0.05, 0) is 38.5 Å². The summed E-state index contributed by atoms with van der Waals surface area (Å²) < 4.78 is 20.7. The van der Waals surface area contributed by atoms with E-state index in [2.05, 4.69) is 69.6 Å². The molecule has 0 aromatic carbocycles. The lowest BCUT2D eigenvalue weighted by molar-refractivity contribution is -0.732. The zero-order valence-electron chi connectivity index (χ0n) is 28.6. The van der Waals surface area contributed by atoms with Gasteiger partial charge in [-0.15, -0.1) is 0 Å². The summed E-state index contributed by atoms with van der Waals surface area (Å²) in [5.41, 5.74) is 0. The smallest absolute Gasteiger partial charge is 0.245 e. The summed E-state index contributed by atoms with van der Waals surface area (Å²) >= 11 is 0. The summed E-state index contributed by atoms with van der Waals surface area (Å²) in [6.45, 7) is 9.79. The molecule has 0 N–H and O–H groups in total. The molecule has 0 amide bonds. The van der Waals surface area contributed by atoms with Gasteiger partial charge >= 0.3 is 0 Å². The van der Waals surface area contributed by atoms with Crippen molar-refractivity contribution in [2.75, 3.05) is 13.2 Å². The molecule has 8 heteroatoms. The Kier molecular flexibility index (Phi) is 31.1. The molecule has 0 unspecified atom stereocenters. The van der Waals surface area contributed by atoms with Gasteiger partial charge in [-0.2, -0.15) is 0 Å². The van der Waals surface area contributed by atoms with Crippen LogP contribution in [0.25, 0.3) is 0 Å². The summed E-state index contributed by atoms with van der Waals surface area (Å²) in [6.07, 6.45) is 42.5. The molecular formula is C36H68Cl2N4O2. The molecule has 0 fully saturated rings. The van der Waals surface area contributed by atoms with Crippen LogP contribution in [0, 0.1) is 0 Å². The van der Waals surface area contributed by atoms with E-state index in [9.17, 15) is 0 Å². The van der Waals surface area contributed by atoms with Crippen LogP contribution in [0.1, 0.15) is 155 Å². The number of ether oxygens (including phenoxy) is 2. The molecule has 2 rings (SSSR count). The fourth-order valence-electron chi connectivity index (χ4n) is 5.61. The standard InChI is InChI=1S/C36H68N4O2.2ClH/c1-3-5-7-9-11-13-15-17-21-25-37-27-29-39(33-37)35-41-31-23-19-20-24-32-42-36-40-30-28-38(34-40)26-22-18-16-14-12-10-8-6-4-2;;/h27-30,33-34H,3-26,31-32,35-36H2,1-2H3;2*1H/q+2;;/p-2. The Morgan fingerprint density at radius 2 is 0.750 bits per heavy atom. The van der Waals surface area contributed by atoms with E-state index in [0.717, 1.165) is 39.1 Å². The topological polar surface area (TPSA) is 36.1 Å². The molecule has 0 radical (unpaired) electrons. The summed E-state index contributed by atoms with van der Waals surface area (Å²) in [7, 11) is 0. The van der Waals surface area contributed by atoms with E-state index in [1.807, 2.05) is 0 Å². The van der Waals surface area contributed by atoms with Crippen molar-refractivity contribution in [1.82, 2.24) is 9.13 Å². The van der Waals surface area contributed by atoms with Gasteiger partial charge < -0.3 is 34.3 Å². The van der Waals surface area contributed by atoms with Gasteiger partial charge in [0.25, 0.3) is 0 Å². The van der Waals surface area contributed by atoms with Crippen LogP contribution in [0.3, 0.4) is 0 Å². The van der Waals surface area contributed by atoms with Gasteiger partial charge in [0.15, 0.2) is 13.5 Å². The largest absolute Gasteiger partial charge is 1.00 e. The molecule has 0 aliphatic rings. The van der Waals surface area contributed by atoms with Crippen LogP contribution in [0.5, 0.6) is 0 Å². The number of imidazole rings is 2. The van der Waals surface area contributed by atoms with Crippen molar-refractivity contribution in [2.45, 2.75) is 182 Å². The molecule has 0 aliphatic carbocycles. The van der Waals surface area contributed by atoms with Gasteiger partial charge in [-0.1, -0.05) is 117 Å². The Hall–Kier alpha value is -1.08. The number of aryl methyl sites for hydroxylation is 2. The van der Waals surface area contributed by atoms with E-state index in [0.29, 0.717) is 13.5 Å². The van der Waals surface area contributed by atoms with Crippen molar-refractivity contribution < 1.29 is 43.4 Å². The van der Waals surface area contributed by atoms with E-state index in [-0.39, 0.29) is 24.8 Å². The van der Waals surface area contributed by atoms with Crippen LogP contribution in [0.4, 0.5) is 0 Å². The van der Waals surface area contributed by atoms with Crippen molar-refractivity contribution in [1.29, 1.82) is 0 Å². The van der Waals surface area contributed by atoms with Gasteiger partial charge in [0, 0.05) is 0 Å². The van der Waals surface area contributed by atoms with E-state index < -0.39 is 0 Å². The van der Waals surface area contributed by atoms with Crippen LogP contribution < -0.4 is 33.9 Å². The molecule has 2 aromatic rings. The van der Waals surface area contributed by atoms with Gasteiger partial charge in [-0.25, -0.2) is 18.3 Å². The third-order valence-electron chi connectivity index (χ3n) is 8.34. The molecule has 0 atom stereocenters. The van der Waals surface area contributed by atoms with Crippen molar-refractivity contribution in [2.24, 2.45) is 0 Å². The van der Waals surface area contributed by atoms with E-state index >= 15 is 0 Å². The number of aromatic nitrogens is 4. The van der Waals surface area contributed by atoms with Crippen LogP contribution >= 0.6 is 0 Å². The molecule has 0 bridgehead atoms. The molecule has 44 heavy (non-hydrogen) atoms. The highest BCUT2D eigenvalue weighted by Crippen LogP contribution is 2.11. The molecule has 0 saturated heterocycles. The van der Waals surface area contributed by atoms with Gasteiger partial charge in [0.2, 0.25) is 12.7 Å². The Morgan fingerprint density at radius 3 is 1.11 bits per heavy atom. The first-order valence-electron chi connectivity index (χ1n) is 18.1. The number of rotatable bonds is 31. The lowest BCUT2D eigenvalue weighted by Gasteiger charge is -2.03. The third-order valence-corrected chi connectivity index (χ3v) is 8.34. The summed E-state index contributed by atoms with van der Waals surface area (Å²) in [4.78, 5) is 0. The average molecular weight is 660 g/mol. The van der Waals surface area contributed by atoms with Crippen molar-refractivity contribution in [3.05, 3.63) is 37.4 Å². The number of hydrogen-bond donors (Lipinski definition) is 0. The lowest BCUT2D eigenvalue weighted by Crippen LogP contribution is -3.00. The van der Waals surface area contributed by atoms with Crippen molar-refractivity contribution in [3.8, 4) is 0 Å². The monoisotopic (exact) mass is 658 g/mol. The predicted octanol–water partition coefficient (Wildman–Crippen LogP) is 3.14. The number of hydrogen-bond acceptors (Lipinski definition) is 2. The molecule has 258 valence electrons. The van der Waals surface area contributed by atoms with Crippen LogP contribution in [-0.4, -0.2) is 22.3 Å². The summed E-state index contributed by atoms with van der Waals surface area (Å²) in [5.74, 6) is 0. The average Bonchev–Trinajstić information content (AvgIpc) is 3.65. The summed E-state index contributed by atoms with van der Waals surface area (Å²) in [5, 5.41) is 0. The molecule has 2 heterocycles. The van der Waals surface area contributed by atoms with E-state index in [1.54, 1.807) is 0 Å². The Labute approximate surface area is 284 Å². The minimum absolute atomic E-state index is 0. The first kappa shape index (κ1) is 42.9. The Morgan fingerprint density at radius 1 is 0.432 bits per heavy atom. The molecule has 6 nitrogen and oxygen atoms in total. The normalized spacial score (nSPS) is 11.0. The first-order chi connectivity index (χ1) is 20.8. The van der Waals surface area contributed by atoms with E-state index in [1.165, 1.54) is 128 Å². The SMILES string of the molecule is CCCCCCCCCCCn1cc[n+](COCCCCCCOC[n+]2ccn(CCCCCCCCCCC)c2)c1.[Cl-].[Cl-]. The minimum Gasteiger partial charge on any atom is -1.00 e. The maximum Gasteiger partial charge on any atom is 0.245 e. The second-order valence-electron chi connectivity index (χ2n) is 12.5. The zero-order valence-corrected chi connectivity index (χ0v) is 30.1. The second kappa shape index (κ2) is 31.9. The first-order valence-corrected chi connectivity index (χ1v) is 18.1. The number of unbranched alkanes of at least 4 members (excludes halogenated alkanes) is 19.